The molecular weight excluding hydrogens is 152 g/mol. The van der Waals surface area contributed by atoms with Crippen LogP contribution in [0.25, 0.3) is 0 Å². The van der Waals surface area contributed by atoms with Crippen molar-refractivity contribution in [3.05, 3.63) is 42.1 Å². The van der Waals surface area contributed by atoms with E-state index in [1.807, 2.05) is 31.2 Å². The van der Waals surface area contributed by atoms with Crippen LogP contribution in [0.2, 0.25) is 0 Å². The Hall–Kier alpha value is -0.863. The van der Waals surface area contributed by atoms with Gasteiger partial charge in [0.1, 0.15) is 0 Å². The molecule has 1 aromatic carbocycles. The average Bonchev–Trinajstić information content (AvgIpc) is 2.04. The molecule has 0 atom stereocenters. The van der Waals surface area contributed by atoms with Crippen LogP contribution in [-0.4, -0.2) is 13.8 Å². The highest BCUT2D eigenvalue weighted by atomic mass is 28.3. The normalized spacial score (nSPS) is 10.1. The van der Waals surface area contributed by atoms with Gasteiger partial charge in [-0.05, 0) is 17.7 Å². The lowest BCUT2D eigenvalue weighted by atomic mass is 10.2. The Bertz CT molecular complexity index is 257. The van der Waals surface area contributed by atoms with Gasteiger partial charge in [0.05, 0.1) is 0 Å². The van der Waals surface area contributed by atoms with E-state index >= 15 is 0 Å². The minimum atomic E-state index is -1.47. The lowest BCUT2D eigenvalue weighted by Crippen LogP contribution is -2.29. The molecule has 0 aliphatic carbocycles. The molecule has 1 radical (unpaired) electrons. The summed E-state index contributed by atoms with van der Waals surface area (Å²) in [6, 6.07) is 7.86. The van der Waals surface area contributed by atoms with Gasteiger partial charge in [-0.25, -0.2) is 0 Å². The smallest absolute Gasteiger partial charge is 0.271 e. The molecule has 0 aliphatic heterocycles. The topological polar surface area (TPSA) is 20.2 Å². The van der Waals surface area contributed by atoms with Crippen molar-refractivity contribution >= 4 is 14.2 Å². The highest BCUT2D eigenvalue weighted by Crippen LogP contribution is 1.94. The molecule has 0 aliphatic rings. The van der Waals surface area contributed by atoms with Crippen LogP contribution >= 0.6 is 0 Å². The van der Waals surface area contributed by atoms with Crippen molar-refractivity contribution in [2.24, 2.45) is 0 Å². The molecule has 0 saturated heterocycles. The first-order chi connectivity index (χ1) is 5.25. The predicted molar refractivity (Wildman–Crippen MR) is 49.0 cm³/mol. The molecule has 1 aromatic rings. The van der Waals surface area contributed by atoms with Gasteiger partial charge in [-0.1, -0.05) is 30.0 Å². The van der Waals surface area contributed by atoms with Gasteiger partial charge in [0.2, 0.25) is 0 Å². The monoisotopic (exact) mass is 163 g/mol. The molecule has 0 aromatic heterocycles. The molecule has 0 amide bonds. The number of hydrogen-bond acceptors (Lipinski definition) is 1. The Morgan fingerprint density at radius 2 is 2.09 bits per heavy atom. The molecule has 1 rings (SSSR count). The number of benzene rings is 1. The Kier molecular flexibility index (Phi) is 2.62. The molecule has 57 valence electrons. The largest absolute Gasteiger partial charge is 0.424 e. The van der Waals surface area contributed by atoms with E-state index < -0.39 is 9.04 Å². The molecule has 0 fully saturated rings. The van der Waals surface area contributed by atoms with E-state index in [4.69, 9.17) is 0 Å². The molecule has 1 N–H and O–H groups in total. The summed E-state index contributed by atoms with van der Waals surface area (Å²) in [5.41, 5.74) is 2.77. The third kappa shape index (κ3) is 1.79. The van der Waals surface area contributed by atoms with E-state index in [1.165, 1.54) is 0 Å². The Labute approximate surface area is 68.7 Å². The Balaban J connectivity index is 3.02. The number of rotatable bonds is 2. The van der Waals surface area contributed by atoms with E-state index in [2.05, 4.69) is 6.58 Å². The van der Waals surface area contributed by atoms with Crippen molar-refractivity contribution in [2.45, 2.75) is 6.92 Å². The lowest BCUT2D eigenvalue weighted by Gasteiger charge is -2.04. The van der Waals surface area contributed by atoms with Gasteiger partial charge in [0.15, 0.2) is 0 Å². The zero-order valence-corrected chi connectivity index (χ0v) is 7.54. The Morgan fingerprint density at radius 1 is 1.45 bits per heavy atom. The van der Waals surface area contributed by atoms with Crippen molar-refractivity contribution in [3.8, 4) is 0 Å². The summed E-state index contributed by atoms with van der Waals surface area (Å²) >= 11 is 0. The zero-order chi connectivity index (χ0) is 8.27. The van der Waals surface area contributed by atoms with Gasteiger partial charge < -0.3 is 4.80 Å². The van der Waals surface area contributed by atoms with Crippen molar-refractivity contribution in [2.75, 3.05) is 0 Å². The predicted octanol–water partition coefficient (Wildman–Crippen LogP) is 0.911. The highest BCUT2D eigenvalue weighted by Gasteiger charge is 2.07. The third-order valence-corrected chi connectivity index (χ3v) is 3.11. The van der Waals surface area contributed by atoms with E-state index in [0.717, 1.165) is 10.8 Å². The van der Waals surface area contributed by atoms with E-state index in [9.17, 15) is 4.80 Å². The molecule has 2 heteroatoms. The summed E-state index contributed by atoms with van der Waals surface area (Å²) in [6.07, 6.45) is 0. The van der Waals surface area contributed by atoms with Crippen molar-refractivity contribution < 1.29 is 4.80 Å². The molecule has 0 bridgehead atoms. The van der Waals surface area contributed by atoms with Crippen molar-refractivity contribution in [3.63, 3.8) is 0 Å². The fraction of sp³-hybridized carbons (Fsp3) is 0.111. The van der Waals surface area contributed by atoms with Gasteiger partial charge in [-0.15, -0.1) is 6.58 Å². The van der Waals surface area contributed by atoms with Gasteiger partial charge in [0, 0.05) is 0 Å². The maximum absolute atomic E-state index is 9.49. The minimum Gasteiger partial charge on any atom is -0.424 e. The Morgan fingerprint density at radius 3 is 2.64 bits per heavy atom. The van der Waals surface area contributed by atoms with Crippen molar-refractivity contribution in [1.82, 2.24) is 0 Å². The summed E-state index contributed by atoms with van der Waals surface area (Å²) in [7, 11) is -1.47. The van der Waals surface area contributed by atoms with Gasteiger partial charge in [-0.3, -0.25) is 0 Å². The quantitative estimate of drug-likeness (QED) is 0.643. The van der Waals surface area contributed by atoms with Crippen LogP contribution in [0, 0.1) is 6.92 Å². The summed E-state index contributed by atoms with van der Waals surface area (Å²) in [5, 5.41) is 1.03. The van der Waals surface area contributed by atoms with Crippen LogP contribution in [-0.2, 0) is 0 Å². The number of hydrogen-bond donors (Lipinski definition) is 1. The first kappa shape index (κ1) is 8.24. The molecule has 0 saturated carbocycles. The minimum absolute atomic E-state index is 1.03. The molecule has 1 nitrogen and oxygen atoms in total. The fourth-order valence-electron chi connectivity index (χ4n) is 0.970. The van der Waals surface area contributed by atoms with E-state index in [1.54, 1.807) is 5.70 Å². The average molecular weight is 163 g/mol. The van der Waals surface area contributed by atoms with Crippen molar-refractivity contribution in [1.29, 1.82) is 0 Å². The first-order valence-corrected chi connectivity index (χ1v) is 5.02. The number of aryl methyl sites for hydroxylation is 1. The molecule has 0 spiro atoms. The summed E-state index contributed by atoms with van der Waals surface area (Å²) in [4.78, 5) is 9.49. The second-order valence-corrected chi connectivity index (χ2v) is 4.12. The summed E-state index contributed by atoms with van der Waals surface area (Å²) < 4.78 is 0. The standard InChI is InChI=1S/C9H11OSi/c1-3-11(10)9-7-5-4-6-8(9)2/h3-7,10H,1H2,2H3. The summed E-state index contributed by atoms with van der Waals surface area (Å²) in [5.74, 6) is 0. The summed E-state index contributed by atoms with van der Waals surface area (Å²) in [6.45, 7) is 5.57. The molecule has 0 heterocycles. The highest BCUT2D eigenvalue weighted by molar-refractivity contribution is 6.71. The zero-order valence-electron chi connectivity index (χ0n) is 6.54. The first-order valence-electron chi connectivity index (χ1n) is 3.50. The van der Waals surface area contributed by atoms with Crippen LogP contribution in [0.15, 0.2) is 36.5 Å². The lowest BCUT2D eigenvalue weighted by molar-refractivity contribution is 0.599. The third-order valence-electron chi connectivity index (χ3n) is 1.61. The molecular formula is C9H11OSi. The van der Waals surface area contributed by atoms with Crippen LogP contribution in [0.4, 0.5) is 0 Å². The second kappa shape index (κ2) is 3.51. The van der Waals surface area contributed by atoms with Gasteiger partial charge >= 0.3 is 0 Å². The van der Waals surface area contributed by atoms with E-state index in [0.29, 0.717) is 0 Å². The van der Waals surface area contributed by atoms with Crippen LogP contribution in [0.5, 0.6) is 0 Å². The van der Waals surface area contributed by atoms with E-state index in [-0.39, 0.29) is 0 Å². The fourth-order valence-corrected chi connectivity index (χ4v) is 1.94. The molecule has 11 heavy (non-hydrogen) atoms. The van der Waals surface area contributed by atoms with Crippen LogP contribution in [0.1, 0.15) is 5.56 Å². The second-order valence-electron chi connectivity index (χ2n) is 2.40. The van der Waals surface area contributed by atoms with Gasteiger partial charge in [-0.2, -0.15) is 0 Å². The van der Waals surface area contributed by atoms with Crippen LogP contribution < -0.4 is 5.19 Å². The van der Waals surface area contributed by atoms with Gasteiger partial charge in [0.25, 0.3) is 9.04 Å². The SMILES string of the molecule is C=C[Si](O)c1ccccc1C. The maximum atomic E-state index is 9.49. The van der Waals surface area contributed by atoms with Crippen LogP contribution in [0.3, 0.4) is 0 Å². The maximum Gasteiger partial charge on any atom is 0.271 e. The molecule has 0 unspecified atom stereocenters.